The van der Waals surface area contributed by atoms with Gasteiger partial charge < -0.3 is 9.47 Å². The highest BCUT2D eigenvalue weighted by Crippen LogP contribution is 2.13. The van der Waals surface area contributed by atoms with Crippen molar-refractivity contribution in [2.24, 2.45) is 0 Å². The lowest BCUT2D eigenvalue weighted by Crippen LogP contribution is -2.07. The fourth-order valence-electron chi connectivity index (χ4n) is 4.79. The van der Waals surface area contributed by atoms with E-state index in [1.54, 1.807) is 0 Å². The van der Waals surface area contributed by atoms with Gasteiger partial charge in [0.1, 0.15) is 0 Å². The molecule has 0 unspecified atom stereocenters. The monoisotopic (exact) mass is 570 g/mol. The molecule has 0 aliphatic carbocycles. The van der Waals surface area contributed by atoms with E-state index in [-0.39, 0.29) is 11.9 Å². The lowest BCUT2D eigenvalue weighted by atomic mass is 10.1. The van der Waals surface area contributed by atoms with Crippen molar-refractivity contribution >= 4 is 23.7 Å². The molecule has 0 fully saturated rings. The summed E-state index contributed by atoms with van der Waals surface area (Å²) in [7, 11) is 0. The van der Waals surface area contributed by atoms with Crippen LogP contribution in [0.5, 0.6) is 0 Å². The molecule has 0 amide bonds. The molecular weight excluding hydrogens is 504 g/mol. The molecule has 232 valence electrons. The molecule has 5 heteroatoms. The summed E-state index contributed by atoms with van der Waals surface area (Å²) in [6.45, 7) is 5.68. The zero-order valence-corrected chi connectivity index (χ0v) is 27.1. The van der Waals surface area contributed by atoms with Crippen molar-refractivity contribution < 1.29 is 19.1 Å². The van der Waals surface area contributed by atoms with Crippen LogP contribution in [0.15, 0.2) is 0 Å². The van der Waals surface area contributed by atoms with Crippen LogP contribution in [0.4, 0.5) is 0 Å². The second kappa shape index (κ2) is 33.5. The highest BCUT2D eigenvalue weighted by atomic mass is 32.2. The van der Waals surface area contributed by atoms with Crippen LogP contribution in [-0.4, -0.2) is 36.7 Å². The maximum absolute atomic E-state index is 11.9. The largest absolute Gasteiger partial charge is 0.466 e. The van der Waals surface area contributed by atoms with Crippen molar-refractivity contribution in [1.29, 1.82) is 0 Å². The molecule has 0 aromatic carbocycles. The first-order valence-corrected chi connectivity index (χ1v) is 18.2. The third-order valence-electron chi connectivity index (χ3n) is 7.36. The van der Waals surface area contributed by atoms with E-state index in [1.165, 1.54) is 128 Å². The molecular formula is C34H66O4S. The Morgan fingerprint density at radius 1 is 0.410 bits per heavy atom. The third kappa shape index (κ3) is 33.4. The Morgan fingerprint density at radius 3 is 1.00 bits per heavy atom. The highest BCUT2D eigenvalue weighted by molar-refractivity contribution is 7.99. The van der Waals surface area contributed by atoms with Crippen LogP contribution < -0.4 is 0 Å². The van der Waals surface area contributed by atoms with Gasteiger partial charge in [-0.25, -0.2) is 0 Å². The van der Waals surface area contributed by atoms with E-state index >= 15 is 0 Å². The molecule has 0 bridgehead atoms. The first-order valence-electron chi connectivity index (χ1n) is 17.1. The van der Waals surface area contributed by atoms with E-state index in [9.17, 15) is 9.59 Å². The maximum Gasteiger partial charge on any atom is 0.305 e. The van der Waals surface area contributed by atoms with Crippen molar-refractivity contribution in [3.8, 4) is 0 Å². The Balaban J connectivity index is 3.25. The van der Waals surface area contributed by atoms with Crippen LogP contribution in [0.3, 0.4) is 0 Å². The molecule has 0 aromatic rings. The van der Waals surface area contributed by atoms with E-state index in [4.69, 9.17) is 9.47 Å². The predicted octanol–water partition coefficient (Wildman–Crippen LogP) is 11.0. The minimum atomic E-state index is -0.0614. The summed E-state index contributed by atoms with van der Waals surface area (Å²) in [6, 6.07) is 0. The topological polar surface area (TPSA) is 52.6 Å². The second-order valence-corrected chi connectivity index (χ2v) is 12.6. The number of hydrogen-bond acceptors (Lipinski definition) is 5. The number of carbonyl (C=O) groups is 2. The number of ether oxygens (including phenoxy) is 2. The summed E-state index contributed by atoms with van der Waals surface area (Å²) < 4.78 is 10.7. The van der Waals surface area contributed by atoms with Gasteiger partial charge in [0.25, 0.3) is 0 Å². The van der Waals surface area contributed by atoms with E-state index in [2.05, 4.69) is 13.8 Å². The molecule has 0 atom stereocenters. The molecule has 0 N–H and O–H groups in total. The Bertz CT molecular complexity index is 467. The van der Waals surface area contributed by atoms with Crippen molar-refractivity contribution in [3.63, 3.8) is 0 Å². The Morgan fingerprint density at radius 2 is 0.692 bits per heavy atom. The van der Waals surface area contributed by atoms with Crippen LogP contribution >= 0.6 is 11.8 Å². The first kappa shape index (κ1) is 38.3. The van der Waals surface area contributed by atoms with Gasteiger partial charge in [-0.1, -0.05) is 142 Å². The quantitative estimate of drug-likeness (QED) is 0.0594. The minimum absolute atomic E-state index is 0.0614. The molecule has 4 nitrogen and oxygen atoms in total. The number of rotatable bonds is 32. The minimum Gasteiger partial charge on any atom is -0.466 e. The molecule has 0 spiro atoms. The average Bonchev–Trinajstić information content (AvgIpc) is 2.93. The molecule has 0 aliphatic rings. The van der Waals surface area contributed by atoms with Crippen LogP contribution in [0.25, 0.3) is 0 Å². The van der Waals surface area contributed by atoms with E-state index in [1.807, 2.05) is 11.8 Å². The molecule has 0 saturated carbocycles. The lowest BCUT2D eigenvalue weighted by molar-refractivity contribution is -0.144. The van der Waals surface area contributed by atoms with Gasteiger partial charge in [0.2, 0.25) is 0 Å². The smallest absolute Gasteiger partial charge is 0.305 e. The van der Waals surface area contributed by atoms with Crippen LogP contribution in [0.1, 0.15) is 181 Å². The van der Waals surface area contributed by atoms with Crippen LogP contribution in [-0.2, 0) is 19.1 Å². The SMILES string of the molecule is CCCCCCCCCCCCCOC(=O)CCCSCCCC(=O)OCCCCCCCCCCCCC. The van der Waals surface area contributed by atoms with E-state index in [0.29, 0.717) is 26.1 Å². The van der Waals surface area contributed by atoms with Crippen molar-refractivity contribution in [2.75, 3.05) is 24.7 Å². The van der Waals surface area contributed by atoms with Gasteiger partial charge in [-0.05, 0) is 37.2 Å². The van der Waals surface area contributed by atoms with E-state index < -0.39 is 0 Å². The van der Waals surface area contributed by atoms with E-state index in [0.717, 1.165) is 37.2 Å². The zero-order valence-electron chi connectivity index (χ0n) is 26.3. The average molecular weight is 571 g/mol. The first-order chi connectivity index (χ1) is 19.2. The van der Waals surface area contributed by atoms with Crippen molar-refractivity contribution in [3.05, 3.63) is 0 Å². The van der Waals surface area contributed by atoms with Crippen LogP contribution in [0.2, 0.25) is 0 Å². The molecule has 0 rings (SSSR count). The Labute approximate surface area is 247 Å². The van der Waals surface area contributed by atoms with Gasteiger partial charge in [-0.15, -0.1) is 0 Å². The maximum atomic E-state index is 11.9. The number of thioether (sulfide) groups is 1. The standard InChI is InChI=1S/C34H66O4S/c1-3-5-7-9-11-13-15-17-19-21-23-29-37-33(35)27-25-31-39-32-26-28-34(36)38-30-24-22-20-18-16-14-12-10-8-6-4-2/h3-32H2,1-2H3. The molecule has 0 radical (unpaired) electrons. The second-order valence-electron chi connectivity index (χ2n) is 11.3. The van der Waals surface area contributed by atoms with Gasteiger partial charge in [0, 0.05) is 12.8 Å². The third-order valence-corrected chi connectivity index (χ3v) is 8.52. The summed E-state index contributed by atoms with van der Waals surface area (Å²) in [5.41, 5.74) is 0. The summed E-state index contributed by atoms with van der Waals surface area (Å²) in [6.07, 6.45) is 31.4. The molecule has 0 saturated heterocycles. The van der Waals surface area contributed by atoms with Gasteiger partial charge in [-0.2, -0.15) is 11.8 Å². The molecule has 0 aliphatic heterocycles. The Kier molecular flexibility index (Phi) is 32.9. The Hall–Kier alpha value is -0.710. The molecule has 39 heavy (non-hydrogen) atoms. The number of unbranched alkanes of at least 4 members (excludes halogenated alkanes) is 20. The summed E-state index contributed by atoms with van der Waals surface area (Å²) in [5.74, 6) is 1.77. The highest BCUT2D eigenvalue weighted by Gasteiger charge is 2.05. The number of esters is 2. The molecule has 0 heterocycles. The fraction of sp³-hybridized carbons (Fsp3) is 0.941. The summed E-state index contributed by atoms with van der Waals surface area (Å²) >= 11 is 1.81. The summed E-state index contributed by atoms with van der Waals surface area (Å²) in [5, 5.41) is 0. The van der Waals surface area contributed by atoms with Gasteiger partial charge in [0.05, 0.1) is 13.2 Å². The normalized spacial score (nSPS) is 11.1. The van der Waals surface area contributed by atoms with Gasteiger partial charge in [0.15, 0.2) is 0 Å². The van der Waals surface area contributed by atoms with Crippen molar-refractivity contribution in [2.45, 2.75) is 181 Å². The zero-order chi connectivity index (χ0) is 28.5. The lowest BCUT2D eigenvalue weighted by Gasteiger charge is -2.06. The van der Waals surface area contributed by atoms with Crippen molar-refractivity contribution in [1.82, 2.24) is 0 Å². The summed E-state index contributed by atoms with van der Waals surface area (Å²) in [4.78, 5) is 23.7. The molecule has 0 aromatic heterocycles. The van der Waals surface area contributed by atoms with Crippen LogP contribution in [0, 0.1) is 0 Å². The fourth-order valence-corrected chi connectivity index (χ4v) is 5.69. The number of hydrogen-bond donors (Lipinski definition) is 0. The predicted molar refractivity (Wildman–Crippen MR) is 171 cm³/mol. The van der Waals surface area contributed by atoms with Gasteiger partial charge in [-0.3, -0.25) is 9.59 Å². The van der Waals surface area contributed by atoms with Gasteiger partial charge >= 0.3 is 11.9 Å². The number of carbonyl (C=O) groups excluding carboxylic acids is 2.